The zero-order chi connectivity index (χ0) is 13.8. The van der Waals surface area contributed by atoms with E-state index in [-0.39, 0.29) is 5.91 Å². The molecule has 0 aliphatic heterocycles. The fourth-order valence-corrected chi connectivity index (χ4v) is 2.55. The molecule has 0 atom stereocenters. The molecule has 100 valence electrons. The van der Waals surface area contributed by atoms with Crippen molar-refractivity contribution in [2.45, 2.75) is 0 Å². The van der Waals surface area contributed by atoms with Crippen molar-refractivity contribution in [3.8, 4) is 11.5 Å². The number of carbonyl (C=O) groups excluding carboxylic acids is 1. The molecule has 0 aliphatic carbocycles. The van der Waals surface area contributed by atoms with Gasteiger partial charge in [0.05, 0.1) is 24.8 Å². The lowest BCUT2D eigenvalue weighted by Crippen LogP contribution is -2.10. The number of methoxy groups -OCH3 is 2. The number of nitrogens with one attached hydrogen (secondary N) is 1. The van der Waals surface area contributed by atoms with E-state index in [0.717, 1.165) is 4.47 Å². The van der Waals surface area contributed by atoms with Gasteiger partial charge in [-0.15, -0.1) is 11.3 Å². The summed E-state index contributed by atoms with van der Waals surface area (Å²) in [5.74, 6) is 1.18. The van der Waals surface area contributed by atoms with Crippen molar-refractivity contribution in [2.75, 3.05) is 19.5 Å². The Hall–Kier alpha value is -1.53. The first-order chi connectivity index (χ1) is 9.13. The predicted molar refractivity (Wildman–Crippen MR) is 79.5 cm³/mol. The molecule has 4 nitrogen and oxygen atoms in total. The first-order valence-electron chi connectivity index (χ1n) is 5.41. The second kappa shape index (κ2) is 6.08. The molecule has 19 heavy (non-hydrogen) atoms. The van der Waals surface area contributed by atoms with E-state index < -0.39 is 0 Å². The zero-order valence-corrected chi connectivity index (χ0v) is 12.8. The molecule has 0 unspecified atom stereocenters. The Labute approximate surface area is 123 Å². The molecule has 1 aromatic carbocycles. The fraction of sp³-hybridized carbons (Fsp3) is 0.154. The van der Waals surface area contributed by atoms with Crippen molar-refractivity contribution < 1.29 is 14.3 Å². The maximum Gasteiger partial charge on any atom is 0.265 e. The van der Waals surface area contributed by atoms with Crippen LogP contribution in [0.1, 0.15) is 9.67 Å². The van der Waals surface area contributed by atoms with Gasteiger partial charge in [-0.1, -0.05) is 0 Å². The highest BCUT2D eigenvalue weighted by Gasteiger charge is 2.12. The van der Waals surface area contributed by atoms with Gasteiger partial charge >= 0.3 is 0 Å². The normalized spacial score (nSPS) is 10.1. The van der Waals surface area contributed by atoms with Crippen LogP contribution in [0.15, 0.2) is 34.1 Å². The van der Waals surface area contributed by atoms with E-state index in [1.165, 1.54) is 11.3 Å². The smallest absolute Gasteiger partial charge is 0.265 e. The Balaban J connectivity index is 2.18. The summed E-state index contributed by atoms with van der Waals surface area (Å²) in [4.78, 5) is 12.7. The van der Waals surface area contributed by atoms with Gasteiger partial charge in [0, 0.05) is 22.0 Å². The van der Waals surface area contributed by atoms with Crippen molar-refractivity contribution in [1.29, 1.82) is 0 Å². The third-order valence-corrected chi connectivity index (χ3v) is 4.06. The van der Waals surface area contributed by atoms with Crippen LogP contribution in [0.2, 0.25) is 0 Å². The average Bonchev–Trinajstić information content (AvgIpc) is 2.90. The molecule has 0 spiro atoms. The number of carbonyl (C=O) groups is 1. The van der Waals surface area contributed by atoms with Crippen molar-refractivity contribution in [2.24, 2.45) is 0 Å². The van der Waals surface area contributed by atoms with Crippen molar-refractivity contribution >= 4 is 38.9 Å². The van der Waals surface area contributed by atoms with E-state index in [2.05, 4.69) is 21.2 Å². The van der Waals surface area contributed by atoms with Crippen molar-refractivity contribution in [1.82, 2.24) is 0 Å². The second-order valence-electron chi connectivity index (χ2n) is 3.65. The number of amides is 1. The van der Waals surface area contributed by atoms with Crippen LogP contribution in [0, 0.1) is 0 Å². The van der Waals surface area contributed by atoms with Crippen LogP contribution < -0.4 is 14.8 Å². The molecule has 1 amide bonds. The number of hydrogen-bond donors (Lipinski definition) is 1. The van der Waals surface area contributed by atoms with E-state index in [4.69, 9.17) is 9.47 Å². The van der Waals surface area contributed by atoms with Crippen LogP contribution in [0.25, 0.3) is 0 Å². The van der Waals surface area contributed by atoms with Gasteiger partial charge in [-0.05, 0) is 28.1 Å². The second-order valence-corrected chi connectivity index (χ2v) is 5.42. The molecule has 0 saturated heterocycles. The first-order valence-corrected chi connectivity index (χ1v) is 7.08. The summed E-state index contributed by atoms with van der Waals surface area (Å²) in [6.07, 6.45) is 0. The minimum absolute atomic E-state index is 0.178. The number of anilines is 1. The molecule has 0 saturated carbocycles. The van der Waals surface area contributed by atoms with E-state index in [1.54, 1.807) is 31.7 Å². The molecule has 0 bridgehead atoms. The van der Waals surface area contributed by atoms with Crippen molar-refractivity contribution in [3.05, 3.63) is 39.0 Å². The number of benzene rings is 1. The number of ether oxygens (including phenoxy) is 2. The third kappa shape index (κ3) is 3.27. The summed E-state index contributed by atoms with van der Waals surface area (Å²) in [6, 6.07) is 7.10. The van der Waals surface area contributed by atoms with Gasteiger partial charge in [0.1, 0.15) is 11.5 Å². The quantitative estimate of drug-likeness (QED) is 0.920. The first kappa shape index (κ1) is 13.9. The summed E-state index contributed by atoms with van der Waals surface area (Å²) < 4.78 is 11.0. The molecule has 0 fully saturated rings. The molecule has 0 aliphatic rings. The molecule has 2 rings (SSSR count). The van der Waals surface area contributed by atoms with Gasteiger partial charge in [0.2, 0.25) is 0 Å². The van der Waals surface area contributed by atoms with Crippen LogP contribution >= 0.6 is 27.3 Å². The van der Waals surface area contributed by atoms with Gasteiger partial charge < -0.3 is 14.8 Å². The Morgan fingerprint density at radius 2 is 1.95 bits per heavy atom. The lowest BCUT2D eigenvalue weighted by atomic mass is 10.3. The monoisotopic (exact) mass is 341 g/mol. The van der Waals surface area contributed by atoms with Gasteiger partial charge in [-0.25, -0.2) is 0 Å². The van der Waals surface area contributed by atoms with E-state index in [1.807, 2.05) is 12.1 Å². The average molecular weight is 342 g/mol. The molecule has 1 N–H and O–H groups in total. The zero-order valence-electron chi connectivity index (χ0n) is 10.4. The number of hydrogen-bond acceptors (Lipinski definition) is 4. The Morgan fingerprint density at radius 1 is 1.21 bits per heavy atom. The highest BCUT2D eigenvalue weighted by atomic mass is 79.9. The maximum atomic E-state index is 12.1. The highest BCUT2D eigenvalue weighted by Crippen LogP contribution is 2.28. The lowest BCUT2D eigenvalue weighted by molar-refractivity contribution is 0.103. The SMILES string of the molecule is COc1csc(C(=O)Nc2cc(OC)ccc2Br)c1. The Morgan fingerprint density at radius 3 is 2.58 bits per heavy atom. The predicted octanol–water partition coefficient (Wildman–Crippen LogP) is 3.78. The third-order valence-electron chi connectivity index (χ3n) is 2.46. The fourth-order valence-electron chi connectivity index (χ4n) is 1.46. The molecular formula is C13H12BrNO3S. The maximum absolute atomic E-state index is 12.1. The van der Waals surface area contributed by atoms with Crippen LogP contribution in [0.4, 0.5) is 5.69 Å². The number of halogens is 1. The van der Waals surface area contributed by atoms with Crippen LogP contribution in [-0.2, 0) is 0 Å². The standard InChI is InChI=1S/C13H12BrNO3S/c1-17-8-3-4-10(14)11(5-8)15-13(16)12-6-9(18-2)7-19-12/h3-7H,1-2H3,(H,15,16). The van der Waals surface area contributed by atoms with Gasteiger partial charge in [0.15, 0.2) is 0 Å². The number of thiophene rings is 1. The lowest BCUT2D eigenvalue weighted by Gasteiger charge is -2.08. The summed E-state index contributed by atoms with van der Waals surface area (Å²) in [7, 11) is 3.15. The van der Waals surface area contributed by atoms with E-state index in [0.29, 0.717) is 22.1 Å². The largest absolute Gasteiger partial charge is 0.497 e. The van der Waals surface area contributed by atoms with Crippen molar-refractivity contribution in [3.63, 3.8) is 0 Å². The van der Waals surface area contributed by atoms with Crippen LogP contribution in [0.3, 0.4) is 0 Å². The number of rotatable bonds is 4. The summed E-state index contributed by atoms with van der Waals surface area (Å²) in [6.45, 7) is 0. The van der Waals surface area contributed by atoms with Gasteiger partial charge in [0.25, 0.3) is 5.91 Å². The Kier molecular flexibility index (Phi) is 4.44. The minimum Gasteiger partial charge on any atom is -0.497 e. The molecule has 1 aromatic heterocycles. The van der Waals surface area contributed by atoms with Gasteiger partial charge in [-0.2, -0.15) is 0 Å². The van der Waals surface area contributed by atoms with E-state index >= 15 is 0 Å². The van der Waals surface area contributed by atoms with Crippen LogP contribution in [0.5, 0.6) is 11.5 Å². The minimum atomic E-state index is -0.178. The highest BCUT2D eigenvalue weighted by molar-refractivity contribution is 9.10. The summed E-state index contributed by atoms with van der Waals surface area (Å²) in [5, 5.41) is 4.61. The topological polar surface area (TPSA) is 47.6 Å². The van der Waals surface area contributed by atoms with Crippen LogP contribution in [-0.4, -0.2) is 20.1 Å². The summed E-state index contributed by atoms with van der Waals surface area (Å²) >= 11 is 4.72. The molecule has 0 radical (unpaired) electrons. The summed E-state index contributed by atoms with van der Waals surface area (Å²) in [5.41, 5.74) is 0.664. The molecular weight excluding hydrogens is 330 g/mol. The Bertz CT molecular complexity index is 597. The van der Waals surface area contributed by atoms with E-state index in [9.17, 15) is 4.79 Å². The molecule has 1 heterocycles. The molecule has 6 heteroatoms. The van der Waals surface area contributed by atoms with Gasteiger partial charge in [-0.3, -0.25) is 4.79 Å². The molecule has 2 aromatic rings.